The number of fused-ring (bicyclic) bond motifs is 1. The molecule has 1 heterocycles. The average molecular weight is 437 g/mol. The quantitative estimate of drug-likeness (QED) is 0.507. The highest BCUT2D eigenvalue weighted by Crippen LogP contribution is 2.25. The molecule has 168 valence electrons. The minimum Gasteiger partial charge on any atom is -0.467 e. The summed E-state index contributed by atoms with van der Waals surface area (Å²) < 4.78 is 10.3. The van der Waals surface area contributed by atoms with Crippen LogP contribution in [0.2, 0.25) is 0 Å². The number of nitrogens with one attached hydrogen (secondary N) is 1. The first-order valence-corrected chi connectivity index (χ1v) is 10.6. The molecule has 0 spiro atoms. The van der Waals surface area contributed by atoms with Gasteiger partial charge in [0.1, 0.15) is 18.7 Å². The van der Waals surface area contributed by atoms with Crippen LogP contribution >= 0.6 is 0 Å². The summed E-state index contributed by atoms with van der Waals surface area (Å²) in [6.45, 7) is 4.01. The van der Waals surface area contributed by atoms with Crippen molar-refractivity contribution in [3.8, 4) is 0 Å². The molecule has 7 heteroatoms. The van der Waals surface area contributed by atoms with Gasteiger partial charge in [-0.25, -0.2) is 9.59 Å². The number of methoxy groups -OCH3 is 1. The van der Waals surface area contributed by atoms with Crippen molar-refractivity contribution in [3.63, 3.8) is 0 Å². The number of esters is 1. The fraction of sp³-hybridized carbons (Fsp3) is 0.320. The molecule has 2 aromatic rings. The Hall–Kier alpha value is -3.61. The highest BCUT2D eigenvalue weighted by Gasteiger charge is 2.37. The molecule has 32 heavy (non-hydrogen) atoms. The Balaban J connectivity index is 1.77. The number of hydrogen-bond acceptors (Lipinski definition) is 5. The third-order valence-electron chi connectivity index (χ3n) is 5.45. The lowest BCUT2D eigenvalue weighted by Crippen LogP contribution is -2.55. The Morgan fingerprint density at radius 2 is 1.81 bits per heavy atom. The zero-order valence-electron chi connectivity index (χ0n) is 18.2. The number of carbonyl (C=O) groups is 3. The minimum absolute atomic E-state index is 0.107. The maximum absolute atomic E-state index is 13.2. The summed E-state index contributed by atoms with van der Waals surface area (Å²) in [5, 5.41) is 2.75. The summed E-state index contributed by atoms with van der Waals surface area (Å²) in [7, 11) is 1.28. The summed E-state index contributed by atoms with van der Waals surface area (Å²) in [5.74, 6) is -0.953. The Kier molecular flexibility index (Phi) is 8.02. The molecule has 0 aromatic heterocycles. The predicted octanol–water partition coefficient (Wildman–Crippen LogP) is 3.37. The molecule has 2 aromatic carbocycles. The molecule has 3 rings (SSSR count). The first-order valence-electron chi connectivity index (χ1n) is 10.6. The number of ether oxygens (including phenoxy) is 2. The molecule has 0 bridgehead atoms. The van der Waals surface area contributed by atoms with Crippen molar-refractivity contribution in [2.24, 2.45) is 0 Å². The number of rotatable bonds is 8. The summed E-state index contributed by atoms with van der Waals surface area (Å²) in [4.78, 5) is 39.7. The van der Waals surface area contributed by atoms with Gasteiger partial charge in [-0.3, -0.25) is 9.69 Å². The van der Waals surface area contributed by atoms with Crippen molar-refractivity contribution < 1.29 is 23.9 Å². The standard InChI is InChI=1S/C25H28N2O5/c1-3-4-14-21(24(29)31-2)26-23(28)22-15-19-12-8-9-13-20(19)16-27(22)25(30)32-17-18-10-6-5-7-11-18/h3,5-13,21-22H,1,4,14-17H2,2H3,(H,26,28)/t21-,22-/m0/s1. The van der Waals surface area contributed by atoms with E-state index in [1.165, 1.54) is 12.0 Å². The van der Waals surface area contributed by atoms with Crippen LogP contribution in [0.3, 0.4) is 0 Å². The largest absolute Gasteiger partial charge is 0.467 e. The highest BCUT2D eigenvalue weighted by atomic mass is 16.6. The molecule has 0 aliphatic carbocycles. The van der Waals surface area contributed by atoms with Crippen molar-refractivity contribution in [3.05, 3.63) is 83.9 Å². The number of nitrogens with zero attached hydrogens (tertiary/aromatic N) is 1. The monoisotopic (exact) mass is 436 g/mol. The number of hydrogen-bond donors (Lipinski definition) is 1. The molecule has 2 atom stereocenters. The predicted molar refractivity (Wildman–Crippen MR) is 119 cm³/mol. The Morgan fingerprint density at radius 1 is 1.12 bits per heavy atom. The van der Waals surface area contributed by atoms with E-state index in [1.807, 2.05) is 54.6 Å². The van der Waals surface area contributed by atoms with Gasteiger partial charge >= 0.3 is 12.1 Å². The van der Waals surface area contributed by atoms with Crippen molar-refractivity contribution in [2.45, 2.75) is 44.5 Å². The first kappa shape index (κ1) is 23.1. The van der Waals surface area contributed by atoms with Crippen LogP contribution in [-0.4, -0.2) is 42.1 Å². The molecule has 0 radical (unpaired) electrons. The first-order chi connectivity index (χ1) is 15.5. The lowest BCUT2D eigenvalue weighted by atomic mass is 9.93. The van der Waals surface area contributed by atoms with E-state index < -0.39 is 30.1 Å². The van der Waals surface area contributed by atoms with Gasteiger partial charge in [-0.1, -0.05) is 60.7 Å². The molecule has 1 N–H and O–H groups in total. The van der Waals surface area contributed by atoms with Crippen LogP contribution in [0, 0.1) is 0 Å². The zero-order chi connectivity index (χ0) is 22.9. The van der Waals surface area contributed by atoms with Crippen LogP contribution < -0.4 is 5.32 Å². The van der Waals surface area contributed by atoms with E-state index in [1.54, 1.807) is 6.08 Å². The van der Waals surface area contributed by atoms with Gasteiger partial charge in [0, 0.05) is 6.42 Å². The second-order valence-electron chi connectivity index (χ2n) is 7.61. The van der Waals surface area contributed by atoms with Crippen LogP contribution in [0.5, 0.6) is 0 Å². The summed E-state index contributed by atoms with van der Waals surface area (Å²) in [6.07, 6.45) is 2.33. The second kappa shape index (κ2) is 11.1. The van der Waals surface area contributed by atoms with Gasteiger partial charge in [-0.05, 0) is 29.5 Å². The van der Waals surface area contributed by atoms with Crippen LogP contribution in [0.4, 0.5) is 4.79 Å². The second-order valence-corrected chi connectivity index (χ2v) is 7.61. The van der Waals surface area contributed by atoms with Gasteiger partial charge in [0.2, 0.25) is 5.91 Å². The minimum atomic E-state index is -0.815. The van der Waals surface area contributed by atoms with Gasteiger partial charge in [0.25, 0.3) is 0 Å². The number of amides is 2. The van der Waals surface area contributed by atoms with Gasteiger partial charge in [-0.2, -0.15) is 0 Å². The molecular formula is C25H28N2O5. The lowest BCUT2D eigenvalue weighted by Gasteiger charge is -2.35. The maximum Gasteiger partial charge on any atom is 0.411 e. The van der Waals surface area contributed by atoms with Gasteiger partial charge in [0.05, 0.1) is 13.7 Å². The van der Waals surface area contributed by atoms with Crippen molar-refractivity contribution in [2.75, 3.05) is 7.11 Å². The Labute approximate surface area is 188 Å². The SMILES string of the molecule is C=CCC[C@H](NC(=O)[C@@H]1Cc2ccccc2CN1C(=O)OCc1ccccc1)C(=O)OC. The third-order valence-corrected chi connectivity index (χ3v) is 5.45. The zero-order valence-corrected chi connectivity index (χ0v) is 18.2. The molecule has 0 saturated carbocycles. The fourth-order valence-electron chi connectivity index (χ4n) is 3.69. The third kappa shape index (κ3) is 5.75. The normalized spacial score (nSPS) is 15.8. The molecule has 1 aliphatic rings. The van der Waals surface area contributed by atoms with Gasteiger partial charge in [0.15, 0.2) is 0 Å². The molecule has 0 saturated heterocycles. The number of benzene rings is 2. The maximum atomic E-state index is 13.2. The number of allylic oxidation sites excluding steroid dienone is 1. The molecule has 0 unspecified atom stereocenters. The van der Waals surface area contributed by atoms with Crippen LogP contribution in [0.15, 0.2) is 67.3 Å². The molecule has 1 aliphatic heterocycles. The summed E-state index contributed by atoms with van der Waals surface area (Å²) in [5.41, 5.74) is 2.80. The van der Waals surface area contributed by atoms with Gasteiger partial charge in [-0.15, -0.1) is 6.58 Å². The van der Waals surface area contributed by atoms with E-state index in [0.29, 0.717) is 19.3 Å². The van der Waals surface area contributed by atoms with Crippen LogP contribution in [0.1, 0.15) is 29.5 Å². The molecular weight excluding hydrogens is 408 g/mol. The van der Waals surface area contributed by atoms with E-state index in [-0.39, 0.29) is 13.2 Å². The van der Waals surface area contributed by atoms with E-state index >= 15 is 0 Å². The Bertz CT molecular complexity index is 960. The Morgan fingerprint density at radius 3 is 2.50 bits per heavy atom. The van der Waals surface area contributed by atoms with E-state index in [4.69, 9.17) is 9.47 Å². The lowest BCUT2D eigenvalue weighted by molar-refractivity contribution is -0.146. The van der Waals surface area contributed by atoms with E-state index in [0.717, 1.165) is 16.7 Å². The van der Waals surface area contributed by atoms with Crippen molar-refractivity contribution in [1.82, 2.24) is 10.2 Å². The number of carbonyl (C=O) groups excluding carboxylic acids is 3. The van der Waals surface area contributed by atoms with Crippen LogP contribution in [0.25, 0.3) is 0 Å². The summed E-state index contributed by atoms with van der Waals surface area (Å²) in [6, 6.07) is 15.4. The average Bonchev–Trinajstić information content (AvgIpc) is 2.84. The van der Waals surface area contributed by atoms with Gasteiger partial charge < -0.3 is 14.8 Å². The smallest absolute Gasteiger partial charge is 0.411 e. The molecule has 2 amide bonds. The summed E-state index contributed by atoms with van der Waals surface area (Å²) >= 11 is 0. The molecule has 7 nitrogen and oxygen atoms in total. The van der Waals surface area contributed by atoms with Crippen molar-refractivity contribution in [1.29, 1.82) is 0 Å². The molecule has 0 fully saturated rings. The fourth-order valence-corrected chi connectivity index (χ4v) is 3.69. The topological polar surface area (TPSA) is 84.9 Å². The van der Waals surface area contributed by atoms with Crippen molar-refractivity contribution >= 4 is 18.0 Å². The van der Waals surface area contributed by atoms with E-state index in [2.05, 4.69) is 11.9 Å². The van der Waals surface area contributed by atoms with E-state index in [9.17, 15) is 14.4 Å². The van der Waals surface area contributed by atoms with Crippen LogP contribution in [-0.2, 0) is 38.6 Å². The highest BCUT2D eigenvalue weighted by molar-refractivity contribution is 5.90.